The van der Waals surface area contributed by atoms with Gasteiger partial charge in [-0.2, -0.15) is 0 Å². The molecule has 0 saturated heterocycles. The Morgan fingerprint density at radius 2 is 1.81 bits per heavy atom. The van der Waals surface area contributed by atoms with Crippen molar-refractivity contribution in [3.63, 3.8) is 0 Å². The molecule has 0 amide bonds. The van der Waals surface area contributed by atoms with E-state index in [1.165, 1.54) is 0 Å². The largest absolute Gasteiger partial charge is 0.313 e. The van der Waals surface area contributed by atoms with Crippen LogP contribution in [0.25, 0.3) is 16.9 Å². The molecule has 0 bridgehead atoms. The smallest absolute Gasteiger partial charge is 0.164 e. The molecule has 4 heteroatoms. The molecule has 4 rings (SSSR count). The zero-order chi connectivity index (χ0) is 19.1. The molecule has 1 atom stereocenters. The van der Waals surface area contributed by atoms with E-state index in [2.05, 4.69) is 27.4 Å². The highest BCUT2D eigenvalue weighted by Gasteiger charge is 2.28. The van der Waals surface area contributed by atoms with Crippen molar-refractivity contribution >= 4 is 27.5 Å². The van der Waals surface area contributed by atoms with Crippen LogP contribution in [0.2, 0.25) is 0 Å². The minimum Gasteiger partial charge on any atom is -0.313 e. The maximum absolute atomic E-state index is 12.7. The number of Topliss-reactive ketones (excluding diaryl/α,β-unsaturated/α-hetero) is 2. The van der Waals surface area contributed by atoms with Crippen LogP contribution in [0.5, 0.6) is 0 Å². The van der Waals surface area contributed by atoms with Gasteiger partial charge in [0, 0.05) is 33.4 Å². The first-order valence-electron chi connectivity index (χ1n) is 9.09. The Balaban J connectivity index is 1.98. The summed E-state index contributed by atoms with van der Waals surface area (Å²) in [7, 11) is 0. The van der Waals surface area contributed by atoms with Crippen LogP contribution in [0.1, 0.15) is 46.7 Å². The molecule has 3 aromatic rings. The molecule has 0 radical (unpaired) electrons. The van der Waals surface area contributed by atoms with E-state index in [1.807, 2.05) is 54.6 Å². The monoisotopic (exact) mass is 421 g/mol. The third-order valence-electron chi connectivity index (χ3n) is 5.13. The summed E-state index contributed by atoms with van der Waals surface area (Å²) >= 11 is 3.48. The number of fused-ring (bicyclic) bond motifs is 1. The number of rotatable bonds is 3. The number of hydrogen-bond acceptors (Lipinski definition) is 2. The first-order valence-corrected chi connectivity index (χ1v) is 9.88. The number of hydrogen-bond donors (Lipinski definition) is 0. The summed E-state index contributed by atoms with van der Waals surface area (Å²) in [5.74, 6) is 0.545. The van der Waals surface area contributed by atoms with Gasteiger partial charge in [0.25, 0.3) is 0 Å². The second kappa shape index (κ2) is 6.93. The van der Waals surface area contributed by atoms with Crippen molar-refractivity contribution in [1.82, 2.24) is 4.57 Å². The third kappa shape index (κ3) is 3.30. The van der Waals surface area contributed by atoms with Crippen LogP contribution in [-0.2, 0) is 6.42 Å². The van der Waals surface area contributed by atoms with Crippen molar-refractivity contribution < 1.29 is 9.59 Å². The van der Waals surface area contributed by atoms with Gasteiger partial charge in [0.15, 0.2) is 11.6 Å². The molecule has 0 N–H and O–H groups in total. The normalized spacial score (nSPS) is 16.3. The fraction of sp³-hybridized carbons (Fsp3) is 0.217. The fourth-order valence-electron chi connectivity index (χ4n) is 3.81. The average Bonchev–Trinajstić information content (AvgIpc) is 3.02. The number of benzene rings is 2. The maximum atomic E-state index is 12.7. The van der Waals surface area contributed by atoms with Gasteiger partial charge in [-0.15, -0.1) is 0 Å². The predicted octanol–water partition coefficient (Wildman–Crippen LogP) is 5.87. The lowest BCUT2D eigenvalue weighted by atomic mass is 9.88. The van der Waals surface area contributed by atoms with Gasteiger partial charge in [-0.25, -0.2) is 0 Å². The summed E-state index contributed by atoms with van der Waals surface area (Å²) in [6.45, 7) is 3.69. The summed E-state index contributed by atoms with van der Waals surface area (Å²) in [6, 6.07) is 17.7. The fourth-order valence-corrected chi connectivity index (χ4v) is 4.08. The third-order valence-corrected chi connectivity index (χ3v) is 5.66. The van der Waals surface area contributed by atoms with Crippen molar-refractivity contribution in [2.75, 3.05) is 0 Å². The zero-order valence-electron chi connectivity index (χ0n) is 15.3. The molecule has 2 aromatic carbocycles. The Bertz CT molecular complexity index is 1050. The van der Waals surface area contributed by atoms with Gasteiger partial charge >= 0.3 is 0 Å². The Labute approximate surface area is 167 Å². The second-order valence-electron chi connectivity index (χ2n) is 7.28. The summed E-state index contributed by atoms with van der Waals surface area (Å²) in [5, 5.41) is 0. The Morgan fingerprint density at radius 3 is 2.52 bits per heavy atom. The first-order chi connectivity index (χ1) is 12.9. The van der Waals surface area contributed by atoms with Gasteiger partial charge in [-0.05, 0) is 55.2 Å². The van der Waals surface area contributed by atoms with Gasteiger partial charge in [-0.1, -0.05) is 47.1 Å². The minimum atomic E-state index is 0.0347. The summed E-state index contributed by atoms with van der Waals surface area (Å²) in [6.07, 6.45) is 1.44. The molecule has 27 heavy (non-hydrogen) atoms. The minimum absolute atomic E-state index is 0.0347. The molecule has 1 aliphatic carbocycles. The van der Waals surface area contributed by atoms with E-state index in [0.29, 0.717) is 17.9 Å². The van der Waals surface area contributed by atoms with Crippen LogP contribution in [0.3, 0.4) is 0 Å². The number of carbonyl (C=O) groups is 2. The van der Waals surface area contributed by atoms with Gasteiger partial charge in [0.05, 0.1) is 5.69 Å². The Hall–Kier alpha value is -2.46. The van der Waals surface area contributed by atoms with E-state index in [-0.39, 0.29) is 11.6 Å². The van der Waals surface area contributed by atoms with Crippen LogP contribution in [0, 0.1) is 5.92 Å². The van der Waals surface area contributed by atoms with E-state index in [0.717, 1.165) is 39.1 Å². The lowest BCUT2D eigenvalue weighted by Gasteiger charge is -2.21. The van der Waals surface area contributed by atoms with Crippen molar-refractivity contribution in [2.45, 2.75) is 26.7 Å². The zero-order valence-corrected chi connectivity index (χ0v) is 16.9. The maximum Gasteiger partial charge on any atom is 0.164 e. The molecule has 1 aromatic heterocycles. The summed E-state index contributed by atoms with van der Waals surface area (Å²) < 4.78 is 3.16. The second-order valence-corrected chi connectivity index (χ2v) is 8.19. The summed E-state index contributed by atoms with van der Waals surface area (Å²) in [5.41, 5.74) is 5.46. The molecule has 0 saturated carbocycles. The molecule has 3 nitrogen and oxygen atoms in total. The molecule has 136 valence electrons. The average molecular weight is 422 g/mol. The van der Waals surface area contributed by atoms with Crippen LogP contribution in [0.15, 0.2) is 59.1 Å². The lowest BCUT2D eigenvalue weighted by Crippen LogP contribution is -2.19. The number of halogens is 1. The SMILES string of the molecule is CC(=O)c1cccc(-n2c(-c3ccc(Br)cc3)cc3c2C[C@@H](C)CC3=O)c1. The van der Waals surface area contributed by atoms with E-state index in [1.54, 1.807) is 6.92 Å². The Morgan fingerprint density at radius 1 is 1.07 bits per heavy atom. The number of ketones is 2. The van der Waals surface area contributed by atoms with Crippen molar-refractivity contribution in [3.8, 4) is 16.9 Å². The van der Waals surface area contributed by atoms with Crippen LogP contribution >= 0.6 is 15.9 Å². The number of nitrogens with zero attached hydrogens (tertiary/aromatic N) is 1. The first kappa shape index (κ1) is 17.9. The molecule has 0 fully saturated rings. The molecular formula is C23H20BrNO2. The van der Waals surface area contributed by atoms with E-state index < -0.39 is 0 Å². The highest BCUT2D eigenvalue weighted by atomic mass is 79.9. The van der Waals surface area contributed by atoms with Gasteiger partial charge in [-0.3, -0.25) is 9.59 Å². The van der Waals surface area contributed by atoms with Gasteiger partial charge in [0.2, 0.25) is 0 Å². The standard InChI is InChI=1S/C23H20BrNO2/c1-14-10-22-20(23(27)11-14)13-21(16-6-8-18(24)9-7-16)25(22)19-5-3-4-17(12-19)15(2)26/h3-9,12-14H,10-11H2,1-2H3/t14-/m1/s1. The van der Waals surface area contributed by atoms with Crippen molar-refractivity contribution in [3.05, 3.63) is 75.9 Å². The molecule has 0 aliphatic heterocycles. The topological polar surface area (TPSA) is 39.1 Å². The summed E-state index contributed by atoms with van der Waals surface area (Å²) in [4.78, 5) is 24.6. The van der Waals surface area contributed by atoms with Crippen LogP contribution in [0.4, 0.5) is 0 Å². The Kier molecular flexibility index (Phi) is 4.60. The van der Waals surface area contributed by atoms with Gasteiger partial charge < -0.3 is 4.57 Å². The van der Waals surface area contributed by atoms with E-state index in [9.17, 15) is 9.59 Å². The molecule has 1 aliphatic rings. The van der Waals surface area contributed by atoms with Crippen molar-refractivity contribution in [2.24, 2.45) is 5.92 Å². The number of carbonyl (C=O) groups excluding carboxylic acids is 2. The number of aromatic nitrogens is 1. The molecule has 1 heterocycles. The lowest BCUT2D eigenvalue weighted by molar-refractivity contribution is 0.0951. The van der Waals surface area contributed by atoms with Crippen molar-refractivity contribution in [1.29, 1.82) is 0 Å². The molecule has 0 spiro atoms. The van der Waals surface area contributed by atoms with Crippen LogP contribution in [-0.4, -0.2) is 16.1 Å². The molecule has 0 unspecified atom stereocenters. The highest BCUT2D eigenvalue weighted by molar-refractivity contribution is 9.10. The quantitative estimate of drug-likeness (QED) is 0.495. The van der Waals surface area contributed by atoms with E-state index in [4.69, 9.17) is 0 Å². The predicted molar refractivity (Wildman–Crippen MR) is 111 cm³/mol. The van der Waals surface area contributed by atoms with E-state index >= 15 is 0 Å². The molecular weight excluding hydrogens is 402 g/mol. The van der Waals surface area contributed by atoms with Gasteiger partial charge in [0.1, 0.15) is 0 Å². The highest BCUT2D eigenvalue weighted by Crippen LogP contribution is 2.36. The van der Waals surface area contributed by atoms with Crippen LogP contribution < -0.4 is 0 Å².